The number of para-hydroxylation sites is 2. The molecule has 0 bridgehead atoms. The van der Waals surface area contributed by atoms with E-state index >= 15 is 0 Å². The number of alkyl halides is 3. The lowest BCUT2D eigenvalue weighted by molar-refractivity contribution is -0.178. The molecule has 1 atom stereocenters. The Balaban J connectivity index is 2.20. The van der Waals surface area contributed by atoms with Crippen LogP contribution in [0.1, 0.15) is 12.2 Å². The van der Waals surface area contributed by atoms with Gasteiger partial charge in [0.05, 0.1) is 17.0 Å². The molecule has 2 rings (SSSR count). The van der Waals surface area contributed by atoms with E-state index in [1.54, 1.807) is 24.3 Å². The molecule has 0 spiro atoms. The highest BCUT2D eigenvalue weighted by Gasteiger charge is 2.39. The van der Waals surface area contributed by atoms with Crippen molar-refractivity contribution in [2.75, 3.05) is 6.61 Å². The molecule has 0 saturated heterocycles. The molecule has 0 unspecified atom stereocenters. The quantitative estimate of drug-likeness (QED) is 0.885. The molecule has 2 N–H and O–H groups in total. The largest absolute Gasteiger partial charge is 0.396 e. The Hall–Kier alpha value is -1.56. The van der Waals surface area contributed by atoms with Crippen molar-refractivity contribution < 1.29 is 18.3 Å². The summed E-state index contributed by atoms with van der Waals surface area (Å²) in [5.41, 5.74) is 1.37. The van der Waals surface area contributed by atoms with E-state index in [0.717, 1.165) is 5.52 Å². The predicted octanol–water partition coefficient (Wildman–Crippen LogP) is 2.67. The van der Waals surface area contributed by atoms with E-state index in [1.165, 1.54) is 0 Å². The van der Waals surface area contributed by atoms with E-state index in [4.69, 9.17) is 5.11 Å². The second kappa shape index (κ2) is 4.97. The summed E-state index contributed by atoms with van der Waals surface area (Å²) in [7, 11) is 0. The zero-order valence-corrected chi connectivity index (χ0v) is 9.54. The van der Waals surface area contributed by atoms with Crippen LogP contribution in [0.5, 0.6) is 0 Å². The van der Waals surface area contributed by atoms with E-state index in [2.05, 4.69) is 9.97 Å². The number of hydrogen-bond donors (Lipinski definition) is 2. The minimum absolute atomic E-state index is 0.237. The van der Waals surface area contributed by atoms with Crippen LogP contribution in [0.15, 0.2) is 24.3 Å². The molecule has 2 aromatic rings. The minimum Gasteiger partial charge on any atom is -0.396 e. The first kappa shape index (κ1) is 12.9. The Morgan fingerprint density at radius 2 is 2.00 bits per heavy atom. The number of halogens is 3. The molecular formula is C12H13F3N2O. The summed E-state index contributed by atoms with van der Waals surface area (Å²) in [5.74, 6) is -1.27. The van der Waals surface area contributed by atoms with Gasteiger partial charge in [0.25, 0.3) is 0 Å². The third-order valence-corrected chi connectivity index (χ3v) is 2.82. The van der Waals surface area contributed by atoms with Crippen molar-refractivity contribution in [3.05, 3.63) is 30.1 Å². The Morgan fingerprint density at radius 3 is 2.61 bits per heavy atom. The van der Waals surface area contributed by atoms with Crippen molar-refractivity contribution >= 4 is 11.0 Å². The van der Waals surface area contributed by atoms with Crippen LogP contribution in [0, 0.1) is 5.92 Å². The summed E-state index contributed by atoms with van der Waals surface area (Å²) in [6, 6.07) is 7.08. The van der Waals surface area contributed by atoms with Crippen molar-refractivity contribution in [3.8, 4) is 0 Å². The highest BCUT2D eigenvalue weighted by Crippen LogP contribution is 2.31. The monoisotopic (exact) mass is 258 g/mol. The number of aromatic nitrogens is 2. The van der Waals surface area contributed by atoms with Gasteiger partial charge in [0.15, 0.2) is 0 Å². The van der Waals surface area contributed by atoms with Crippen LogP contribution < -0.4 is 0 Å². The third-order valence-electron chi connectivity index (χ3n) is 2.82. The molecule has 18 heavy (non-hydrogen) atoms. The lowest BCUT2D eigenvalue weighted by Gasteiger charge is -2.17. The average molecular weight is 258 g/mol. The van der Waals surface area contributed by atoms with E-state index < -0.39 is 18.7 Å². The van der Waals surface area contributed by atoms with Crippen molar-refractivity contribution in [3.63, 3.8) is 0 Å². The molecule has 0 amide bonds. The molecule has 6 heteroatoms. The number of fused-ring (bicyclic) bond motifs is 1. The molecular weight excluding hydrogens is 245 g/mol. The molecule has 0 saturated carbocycles. The molecule has 1 aromatic carbocycles. The first-order chi connectivity index (χ1) is 8.50. The Bertz CT molecular complexity index is 488. The van der Waals surface area contributed by atoms with Crippen LogP contribution in [-0.2, 0) is 6.42 Å². The highest BCUT2D eigenvalue weighted by molar-refractivity contribution is 5.74. The van der Waals surface area contributed by atoms with Crippen LogP contribution in [-0.4, -0.2) is 27.9 Å². The molecule has 0 radical (unpaired) electrons. The maximum atomic E-state index is 12.7. The Morgan fingerprint density at radius 1 is 1.28 bits per heavy atom. The highest BCUT2D eigenvalue weighted by atomic mass is 19.4. The number of benzene rings is 1. The number of hydrogen-bond acceptors (Lipinski definition) is 2. The molecule has 1 aromatic heterocycles. The number of H-pyrrole nitrogens is 1. The fraction of sp³-hybridized carbons (Fsp3) is 0.417. The van der Waals surface area contributed by atoms with Gasteiger partial charge >= 0.3 is 6.18 Å². The SMILES string of the molecule is OCC[C@@H](Cc1nc2ccccc2[nH]1)C(F)(F)F. The van der Waals surface area contributed by atoms with Crippen molar-refractivity contribution in [1.82, 2.24) is 9.97 Å². The lowest BCUT2D eigenvalue weighted by Crippen LogP contribution is -2.26. The van der Waals surface area contributed by atoms with E-state index in [1.807, 2.05) is 0 Å². The third kappa shape index (κ3) is 2.81. The van der Waals surface area contributed by atoms with Crippen LogP contribution in [0.4, 0.5) is 13.2 Å². The van der Waals surface area contributed by atoms with Gasteiger partial charge in [-0.3, -0.25) is 0 Å². The number of aliphatic hydroxyl groups excluding tert-OH is 1. The molecule has 0 aliphatic carbocycles. The second-order valence-electron chi connectivity index (χ2n) is 4.16. The summed E-state index contributed by atoms with van der Waals surface area (Å²) in [5, 5.41) is 8.69. The normalized spacial score (nSPS) is 14.0. The zero-order valence-electron chi connectivity index (χ0n) is 9.54. The molecule has 3 nitrogen and oxygen atoms in total. The number of aromatic amines is 1. The van der Waals surface area contributed by atoms with Crippen molar-refractivity contribution in [1.29, 1.82) is 0 Å². The van der Waals surface area contributed by atoms with Crippen LogP contribution in [0.2, 0.25) is 0 Å². The van der Waals surface area contributed by atoms with Crippen LogP contribution in [0.25, 0.3) is 11.0 Å². The number of nitrogens with one attached hydrogen (secondary N) is 1. The maximum Gasteiger partial charge on any atom is 0.392 e. The van der Waals surface area contributed by atoms with E-state index in [9.17, 15) is 13.2 Å². The standard InChI is InChI=1S/C12H13F3N2O/c13-12(14,15)8(5-6-18)7-11-16-9-3-1-2-4-10(9)17-11/h1-4,8,18H,5-7H2,(H,16,17)/t8-/m0/s1. The number of rotatable bonds is 4. The Kier molecular flexibility index (Phi) is 3.56. The van der Waals surface area contributed by atoms with E-state index in [-0.39, 0.29) is 12.8 Å². The zero-order chi connectivity index (χ0) is 13.2. The fourth-order valence-electron chi connectivity index (χ4n) is 1.87. The first-order valence-electron chi connectivity index (χ1n) is 5.62. The average Bonchev–Trinajstić information content (AvgIpc) is 2.69. The molecule has 0 fully saturated rings. The van der Waals surface area contributed by atoms with Crippen molar-refractivity contribution in [2.24, 2.45) is 5.92 Å². The molecule has 1 heterocycles. The van der Waals surface area contributed by atoms with Gasteiger partial charge in [0.1, 0.15) is 5.82 Å². The van der Waals surface area contributed by atoms with Gasteiger partial charge in [-0.2, -0.15) is 13.2 Å². The minimum atomic E-state index is -4.32. The first-order valence-corrected chi connectivity index (χ1v) is 5.62. The Labute approximate surface area is 102 Å². The summed E-state index contributed by atoms with van der Waals surface area (Å²) < 4.78 is 38.1. The van der Waals surface area contributed by atoms with Gasteiger partial charge < -0.3 is 10.1 Å². The van der Waals surface area contributed by atoms with Gasteiger partial charge in [-0.25, -0.2) is 4.98 Å². The molecule has 98 valence electrons. The van der Waals surface area contributed by atoms with Gasteiger partial charge in [-0.1, -0.05) is 12.1 Å². The topological polar surface area (TPSA) is 48.9 Å². The summed E-state index contributed by atoms with van der Waals surface area (Å²) in [6.07, 6.45) is -4.86. The van der Waals surface area contributed by atoms with Gasteiger partial charge in [-0.05, 0) is 18.6 Å². The number of imidazole rings is 1. The second-order valence-corrected chi connectivity index (χ2v) is 4.16. The lowest BCUT2D eigenvalue weighted by atomic mass is 10.0. The maximum absolute atomic E-state index is 12.7. The molecule has 0 aliphatic heterocycles. The van der Waals surface area contributed by atoms with Gasteiger partial charge in [0, 0.05) is 13.0 Å². The summed E-state index contributed by atoms with van der Waals surface area (Å²) >= 11 is 0. The van der Waals surface area contributed by atoms with Crippen LogP contribution >= 0.6 is 0 Å². The predicted molar refractivity (Wildman–Crippen MR) is 61.0 cm³/mol. The fourth-order valence-corrected chi connectivity index (χ4v) is 1.87. The summed E-state index contributed by atoms with van der Waals surface area (Å²) in [6.45, 7) is -0.482. The van der Waals surface area contributed by atoms with E-state index in [0.29, 0.717) is 11.3 Å². The number of nitrogens with zero attached hydrogens (tertiary/aromatic N) is 1. The van der Waals surface area contributed by atoms with Gasteiger partial charge in [-0.15, -0.1) is 0 Å². The smallest absolute Gasteiger partial charge is 0.392 e. The van der Waals surface area contributed by atoms with Gasteiger partial charge in [0.2, 0.25) is 0 Å². The van der Waals surface area contributed by atoms with Crippen molar-refractivity contribution in [2.45, 2.75) is 19.0 Å². The van der Waals surface area contributed by atoms with Crippen LogP contribution in [0.3, 0.4) is 0 Å². The summed E-state index contributed by atoms with van der Waals surface area (Å²) in [4.78, 5) is 6.97. The number of aliphatic hydroxyl groups is 1. The molecule has 0 aliphatic rings.